The van der Waals surface area contributed by atoms with E-state index in [9.17, 15) is 9.90 Å². The molecule has 0 unspecified atom stereocenters. The first kappa shape index (κ1) is 18.9. The van der Waals surface area contributed by atoms with Crippen LogP contribution in [0.1, 0.15) is 27.3 Å². The summed E-state index contributed by atoms with van der Waals surface area (Å²) in [4.78, 5) is 12.0. The Kier molecular flexibility index (Phi) is 5.85. The first-order chi connectivity index (χ1) is 13.6. The number of rotatable bonds is 7. The van der Waals surface area contributed by atoms with Crippen molar-refractivity contribution in [2.24, 2.45) is 5.10 Å². The van der Waals surface area contributed by atoms with Gasteiger partial charge in [0.2, 0.25) is 0 Å². The molecule has 1 heterocycles. The molecule has 9 nitrogen and oxygen atoms in total. The lowest BCUT2D eigenvalue weighted by molar-refractivity contribution is 0.0952. The van der Waals surface area contributed by atoms with Crippen LogP contribution < -0.4 is 14.9 Å². The third-order valence-corrected chi connectivity index (χ3v) is 3.83. The molecule has 0 aliphatic carbocycles. The molecule has 2 aromatic carbocycles. The zero-order chi connectivity index (χ0) is 19.9. The number of phenolic OH excluding ortho intramolecular Hbond substituents is 1. The highest BCUT2D eigenvalue weighted by molar-refractivity contribution is 5.97. The van der Waals surface area contributed by atoms with Gasteiger partial charge in [-0.05, 0) is 42.8 Å². The maximum absolute atomic E-state index is 12.0. The number of carbonyl (C=O) groups excluding carboxylic acids is 1. The summed E-state index contributed by atoms with van der Waals surface area (Å²) in [6, 6.07) is 11.4. The molecule has 0 fully saturated rings. The summed E-state index contributed by atoms with van der Waals surface area (Å²) in [5.41, 5.74) is 4.43. The molecule has 28 heavy (non-hydrogen) atoms. The predicted molar refractivity (Wildman–Crippen MR) is 99.5 cm³/mol. The average molecular weight is 382 g/mol. The summed E-state index contributed by atoms with van der Waals surface area (Å²) in [5.74, 6) is 0.374. The standard InChI is InChI=1S/C19H18N4O5/c1-12-15(23-28-22-12)11-27-17-8-7-13(9-18(17)26-2)10-20-21-19(25)14-5-3-4-6-16(14)24/h3-10,24H,11H2,1-2H3,(H,21,25)/b20-10+. The number of aromatic nitrogens is 2. The lowest BCUT2D eigenvalue weighted by atomic mass is 10.2. The zero-order valence-corrected chi connectivity index (χ0v) is 15.2. The molecule has 9 heteroatoms. The summed E-state index contributed by atoms with van der Waals surface area (Å²) in [6.07, 6.45) is 1.45. The lowest BCUT2D eigenvalue weighted by Gasteiger charge is -2.10. The van der Waals surface area contributed by atoms with Crippen molar-refractivity contribution in [1.29, 1.82) is 0 Å². The number of nitrogens with zero attached hydrogens (tertiary/aromatic N) is 3. The van der Waals surface area contributed by atoms with Crippen LogP contribution in [0, 0.1) is 6.92 Å². The fraction of sp³-hybridized carbons (Fsp3) is 0.158. The molecule has 0 saturated carbocycles. The van der Waals surface area contributed by atoms with Gasteiger partial charge in [-0.3, -0.25) is 4.79 Å². The van der Waals surface area contributed by atoms with Crippen LogP contribution in [0.5, 0.6) is 17.2 Å². The summed E-state index contributed by atoms with van der Waals surface area (Å²) >= 11 is 0. The van der Waals surface area contributed by atoms with Gasteiger partial charge in [-0.1, -0.05) is 22.4 Å². The summed E-state index contributed by atoms with van der Waals surface area (Å²) < 4.78 is 15.7. The van der Waals surface area contributed by atoms with Crippen molar-refractivity contribution in [3.63, 3.8) is 0 Å². The number of ether oxygens (including phenoxy) is 2. The maximum Gasteiger partial charge on any atom is 0.275 e. The number of benzene rings is 2. The van der Waals surface area contributed by atoms with Gasteiger partial charge in [0.25, 0.3) is 5.91 Å². The number of para-hydroxylation sites is 1. The minimum Gasteiger partial charge on any atom is -0.507 e. The van der Waals surface area contributed by atoms with Crippen molar-refractivity contribution in [2.45, 2.75) is 13.5 Å². The molecule has 2 N–H and O–H groups in total. The Bertz CT molecular complexity index is 999. The van der Waals surface area contributed by atoms with E-state index in [0.717, 1.165) is 0 Å². The first-order valence-electron chi connectivity index (χ1n) is 8.28. The lowest BCUT2D eigenvalue weighted by Crippen LogP contribution is -2.17. The molecule has 0 saturated heterocycles. The monoisotopic (exact) mass is 382 g/mol. The molecule has 0 spiro atoms. The van der Waals surface area contributed by atoms with Crippen LogP contribution in [0.2, 0.25) is 0 Å². The maximum atomic E-state index is 12.0. The fourth-order valence-corrected chi connectivity index (χ4v) is 2.30. The third-order valence-electron chi connectivity index (χ3n) is 3.83. The van der Waals surface area contributed by atoms with Gasteiger partial charge >= 0.3 is 0 Å². The first-order valence-corrected chi connectivity index (χ1v) is 8.28. The Morgan fingerprint density at radius 2 is 2.07 bits per heavy atom. The Morgan fingerprint density at radius 1 is 1.25 bits per heavy atom. The number of hydrogen-bond acceptors (Lipinski definition) is 8. The number of hydrazone groups is 1. The van der Waals surface area contributed by atoms with Crippen LogP contribution >= 0.6 is 0 Å². The SMILES string of the molecule is COc1cc(/C=N/NC(=O)c2ccccc2O)ccc1OCc1nonc1C. The summed E-state index contributed by atoms with van der Waals surface area (Å²) in [7, 11) is 1.52. The Balaban J connectivity index is 1.64. The van der Waals surface area contributed by atoms with Gasteiger partial charge in [0.1, 0.15) is 23.7 Å². The zero-order valence-electron chi connectivity index (χ0n) is 15.2. The van der Waals surface area contributed by atoms with E-state index in [4.69, 9.17) is 9.47 Å². The minimum atomic E-state index is -0.516. The smallest absolute Gasteiger partial charge is 0.275 e. The van der Waals surface area contributed by atoms with Crippen LogP contribution in [-0.2, 0) is 6.61 Å². The number of nitrogens with one attached hydrogen (secondary N) is 1. The van der Waals surface area contributed by atoms with Crippen LogP contribution in [0.15, 0.2) is 52.2 Å². The average Bonchev–Trinajstić information content (AvgIpc) is 3.11. The Morgan fingerprint density at radius 3 is 2.79 bits per heavy atom. The number of methoxy groups -OCH3 is 1. The van der Waals surface area contributed by atoms with E-state index in [2.05, 4.69) is 25.5 Å². The molecule has 0 radical (unpaired) electrons. The van der Waals surface area contributed by atoms with Crippen molar-refractivity contribution in [1.82, 2.24) is 15.7 Å². The largest absolute Gasteiger partial charge is 0.507 e. The van der Waals surface area contributed by atoms with Crippen molar-refractivity contribution in [3.05, 3.63) is 65.0 Å². The van der Waals surface area contributed by atoms with Crippen molar-refractivity contribution < 1.29 is 24.0 Å². The van der Waals surface area contributed by atoms with Crippen molar-refractivity contribution in [3.8, 4) is 17.2 Å². The van der Waals surface area contributed by atoms with E-state index in [1.54, 1.807) is 37.3 Å². The van der Waals surface area contributed by atoms with Crippen LogP contribution in [-0.4, -0.2) is 34.7 Å². The number of amides is 1. The van der Waals surface area contributed by atoms with Gasteiger partial charge in [0.05, 0.1) is 18.9 Å². The van der Waals surface area contributed by atoms with Crippen LogP contribution in [0.4, 0.5) is 0 Å². The molecule has 1 aromatic heterocycles. The molecular weight excluding hydrogens is 364 g/mol. The topological polar surface area (TPSA) is 119 Å². The number of hydrogen-bond donors (Lipinski definition) is 2. The van der Waals surface area contributed by atoms with Gasteiger partial charge in [0, 0.05) is 0 Å². The van der Waals surface area contributed by atoms with Crippen molar-refractivity contribution >= 4 is 12.1 Å². The van der Waals surface area contributed by atoms with E-state index in [-0.39, 0.29) is 17.9 Å². The molecule has 1 amide bonds. The molecule has 144 valence electrons. The van der Waals surface area contributed by atoms with Gasteiger partial charge in [-0.2, -0.15) is 5.10 Å². The Hall–Kier alpha value is -3.88. The normalized spacial score (nSPS) is 10.8. The van der Waals surface area contributed by atoms with Gasteiger partial charge in [-0.25, -0.2) is 10.1 Å². The number of carbonyl (C=O) groups is 1. The molecular formula is C19H18N4O5. The minimum absolute atomic E-state index is 0.115. The van der Waals surface area contributed by atoms with Crippen molar-refractivity contribution in [2.75, 3.05) is 7.11 Å². The van der Waals surface area contributed by atoms with E-state index in [0.29, 0.717) is 28.5 Å². The summed E-state index contributed by atoms with van der Waals surface area (Å²) in [5, 5.41) is 21.0. The van der Waals surface area contributed by atoms with Gasteiger partial charge in [0.15, 0.2) is 11.5 Å². The summed E-state index contributed by atoms with van der Waals surface area (Å²) in [6.45, 7) is 1.96. The van der Waals surface area contributed by atoms with Gasteiger partial charge in [-0.15, -0.1) is 0 Å². The second-order valence-electron chi connectivity index (χ2n) is 5.71. The molecule has 0 aliphatic rings. The highest BCUT2D eigenvalue weighted by atomic mass is 16.6. The van der Waals surface area contributed by atoms with E-state index in [1.807, 2.05) is 0 Å². The van der Waals surface area contributed by atoms with Gasteiger partial charge < -0.3 is 14.6 Å². The number of phenols is 1. The van der Waals surface area contributed by atoms with E-state index in [1.165, 1.54) is 25.5 Å². The fourth-order valence-electron chi connectivity index (χ4n) is 2.30. The quantitative estimate of drug-likeness (QED) is 0.476. The second-order valence-corrected chi connectivity index (χ2v) is 5.71. The molecule has 0 atom stereocenters. The van der Waals surface area contributed by atoms with E-state index < -0.39 is 5.91 Å². The molecule has 3 aromatic rings. The number of aryl methyl sites for hydroxylation is 1. The second kappa shape index (κ2) is 8.67. The van der Waals surface area contributed by atoms with Crippen LogP contribution in [0.3, 0.4) is 0 Å². The molecule has 0 bridgehead atoms. The highest BCUT2D eigenvalue weighted by Crippen LogP contribution is 2.28. The third kappa shape index (κ3) is 4.44. The van der Waals surface area contributed by atoms with Crippen LogP contribution in [0.25, 0.3) is 0 Å². The number of aromatic hydroxyl groups is 1. The Labute approximate surface area is 160 Å². The highest BCUT2D eigenvalue weighted by Gasteiger charge is 2.11. The molecule has 0 aliphatic heterocycles. The van der Waals surface area contributed by atoms with E-state index >= 15 is 0 Å². The predicted octanol–water partition coefficient (Wildman–Crippen LogP) is 2.44. The molecule has 3 rings (SSSR count).